The molecule has 1 aromatic carbocycles. The lowest BCUT2D eigenvalue weighted by Gasteiger charge is -2.18. The molecule has 1 atom stereocenters. The van der Waals surface area contributed by atoms with Gasteiger partial charge in [0, 0.05) is 5.69 Å². The lowest BCUT2D eigenvalue weighted by Crippen LogP contribution is -2.33. The number of carboxylic acid groups (broad SMARTS) is 1. The molecule has 4 nitrogen and oxygen atoms in total. The van der Waals surface area contributed by atoms with E-state index < -0.39 is 17.8 Å². The first-order chi connectivity index (χ1) is 8.34. The van der Waals surface area contributed by atoms with Crippen LogP contribution in [0.3, 0.4) is 0 Å². The predicted octanol–water partition coefficient (Wildman–Crippen LogP) is 2.60. The summed E-state index contributed by atoms with van der Waals surface area (Å²) < 4.78 is 0. The molecule has 4 heteroatoms. The molecule has 0 heterocycles. The number of hydrogen-bond donors (Lipinski definition) is 2. The number of carbonyl (C=O) groups is 2. The second-order valence-electron chi connectivity index (χ2n) is 4.82. The standard InChI is InChI=1S/C14H19NO3/c1-8(2)11(14(17)18)13(16)15-12-9(3)6-5-7-10(12)4/h5-8,11H,1-4H3,(H,15,16)(H,17,18). The molecule has 1 amide bonds. The van der Waals surface area contributed by atoms with Crippen LogP contribution in [0.2, 0.25) is 0 Å². The molecule has 0 saturated heterocycles. The summed E-state index contributed by atoms with van der Waals surface area (Å²) in [5, 5.41) is 11.8. The van der Waals surface area contributed by atoms with Gasteiger partial charge in [-0.1, -0.05) is 32.0 Å². The maximum atomic E-state index is 12.0. The molecule has 0 aliphatic carbocycles. The zero-order valence-electron chi connectivity index (χ0n) is 11.2. The molecule has 0 aliphatic heterocycles. The largest absolute Gasteiger partial charge is 0.481 e. The number of amides is 1. The number of nitrogens with one attached hydrogen (secondary N) is 1. The normalized spacial score (nSPS) is 12.3. The van der Waals surface area contributed by atoms with Gasteiger partial charge >= 0.3 is 5.97 Å². The quantitative estimate of drug-likeness (QED) is 0.806. The van der Waals surface area contributed by atoms with Crippen LogP contribution in [0.25, 0.3) is 0 Å². The Hall–Kier alpha value is -1.84. The Morgan fingerprint density at radius 2 is 1.67 bits per heavy atom. The number of carboxylic acids is 1. The van der Waals surface area contributed by atoms with Crippen LogP contribution in [-0.2, 0) is 9.59 Å². The highest BCUT2D eigenvalue weighted by atomic mass is 16.4. The minimum absolute atomic E-state index is 0.244. The fraction of sp³-hybridized carbons (Fsp3) is 0.429. The van der Waals surface area contributed by atoms with E-state index >= 15 is 0 Å². The molecular formula is C14H19NO3. The van der Waals surface area contributed by atoms with E-state index in [0.29, 0.717) is 5.69 Å². The minimum atomic E-state index is -1.09. The Bertz CT molecular complexity index is 446. The highest BCUT2D eigenvalue weighted by Crippen LogP contribution is 2.21. The first-order valence-electron chi connectivity index (χ1n) is 5.94. The third kappa shape index (κ3) is 3.09. The van der Waals surface area contributed by atoms with E-state index in [0.717, 1.165) is 11.1 Å². The van der Waals surface area contributed by atoms with Crippen molar-refractivity contribution in [2.24, 2.45) is 11.8 Å². The average molecular weight is 249 g/mol. The van der Waals surface area contributed by atoms with Gasteiger partial charge in [-0.25, -0.2) is 0 Å². The summed E-state index contributed by atoms with van der Waals surface area (Å²) in [6, 6.07) is 5.67. The predicted molar refractivity (Wildman–Crippen MR) is 70.5 cm³/mol. The van der Waals surface area contributed by atoms with E-state index in [2.05, 4.69) is 5.32 Å². The van der Waals surface area contributed by atoms with Crippen LogP contribution < -0.4 is 5.32 Å². The van der Waals surface area contributed by atoms with Gasteiger partial charge in [0.25, 0.3) is 0 Å². The van der Waals surface area contributed by atoms with Crippen LogP contribution in [-0.4, -0.2) is 17.0 Å². The van der Waals surface area contributed by atoms with Gasteiger partial charge < -0.3 is 10.4 Å². The van der Waals surface area contributed by atoms with E-state index in [1.54, 1.807) is 13.8 Å². The SMILES string of the molecule is Cc1cccc(C)c1NC(=O)C(C(=O)O)C(C)C. The van der Waals surface area contributed by atoms with Crippen molar-refractivity contribution < 1.29 is 14.7 Å². The van der Waals surface area contributed by atoms with Crippen molar-refractivity contribution in [2.75, 3.05) is 5.32 Å². The van der Waals surface area contributed by atoms with Crippen molar-refractivity contribution in [1.82, 2.24) is 0 Å². The number of para-hydroxylation sites is 1. The number of carbonyl (C=O) groups excluding carboxylic acids is 1. The maximum absolute atomic E-state index is 12.0. The van der Waals surface area contributed by atoms with E-state index in [-0.39, 0.29) is 5.92 Å². The first-order valence-corrected chi connectivity index (χ1v) is 5.94. The van der Waals surface area contributed by atoms with E-state index in [4.69, 9.17) is 5.11 Å². The molecule has 1 aromatic rings. The van der Waals surface area contributed by atoms with Crippen LogP contribution in [0.5, 0.6) is 0 Å². The second-order valence-corrected chi connectivity index (χ2v) is 4.82. The molecule has 1 rings (SSSR count). The Kier molecular flexibility index (Phi) is 4.48. The molecule has 0 aliphatic rings. The molecule has 1 unspecified atom stereocenters. The number of anilines is 1. The van der Waals surface area contributed by atoms with E-state index in [1.165, 1.54) is 0 Å². The van der Waals surface area contributed by atoms with Crippen LogP contribution in [0.4, 0.5) is 5.69 Å². The Balaban J connectivity index is 2.97. The average Bonchev–Trinajstić information content (AvgIpc) is 2.22. The molecule has 0 aromatic heterocycles. The topological polar surface area (TPSA) is 66.4 Å². The number of aliphatic carboxylic acids is 1. The zero-order chi connectivity index (χ0) is 13.9. The zero-order valence-corrected chi connectivity index (χ0v) is 11.2. The van der Waals surface area contributed by atoms with Crippen molar-refractivity contribution in [3.63, 3.8) is 0 Å². The van der Waals surface area contributed by atoms with Gasteiger partial charge in [0.05, 0.1) is 0 Å². The third-order valence-corrected chi connectivity index (χ3v) is 2.94. The maximum Gasteiger partial charge on any atom is 0.316 e. The summed E-state index contributed by atoms with van der Waals surface area (Å²) in [6.07, 6.45) is 0. The van der Waals surface area contributed by atoms with E-state index in [9.17, 15) is 9.59 Å². The van der Waals surface area contributed by atoms with E-state index in [1.807, 2.05) is 32.0 Å². The van der Waals surface area contributed by atoms with Gasteiger partial charge in [-0.3, -0.25) is 9.59 Å². The first kappa shape index (κ1) is 14.2. The number of hydrogen-bond acceptors (Lipinski definition) is 2. The lowest BCUT2D eigenvalue weighted by molar-refractivity contribution is -0.147. The number of aryl methyl sites for hydroxylation is 2. The Morgan fingerprint density at radius 1 is 1.17 bits per heavy atom. The summed E-state index contributed by atoms with van der Waals surface area (Å²) in [5.74, 6) is -2.82. The van der Waals surface area contributed by atoms with Crippen molar-refractivity contribution >= 4 is 17.6 Å². The number of benzene rings is 1. The molecule has 0 bridgehead atoms. The lowest BCUT2D eigenvalue weighted by atomic mass is 9.94. The summed E-state index contributed by atoms with van der Waals surface area (Å²) in [4.78, 5) is 23.1. The van der Waals surface area contributed by atoms with Gasteiger partial charge in [0.1, 0.15) is 5.92 Å². The minimum Gasteiger partial charge on any atom is -0.481 e. The molecule has 2 N–H and O–H groups in total. The second kappa shape index (κ2) is 5.67. The smallest absolute Gasteiger partial charge is 0.316 e. The highest BCUT2D eigenvalue weighted by Gasteiger charge is 2.29. The van der Waals surface area contributed by atoms with Crippen LogP contribution in [0.1, 0.15) is 25.0 Å². The summed E-state index contributed by atoms with van der Waals surface area (Å²) in [6.45, 7) is 7.22. The van der Waals surface area contributed by atoms with Crippen molar-refractivity contribution in [3.05, 3.63) is 29.3 Å². The fourth-order valence-electron chi connectivity index (χ4n) is 1.91. The Labute approximate surface area is 107 Å². The molecule has 0 spiro atoms. The van der Waals surface area contributed by atoms with Gasteiger partial charge in [0.2, 0.25) is 5.91 Å². The van der Waals surface area contributed by atoms with Crippen molar-refractivity contribution in [1.29, 1.82) is 0 Å². The molecule has 18 heavy (non-hydrogen) atoms. The number of rotatable bonds is 4. The molecule has 0 saturated carbocycles. The summed E-state index contributed by atoms with van der Waals surface area (Å²) in [5.41, 5.74) is 2.56. The highest BCUT2D eigenvalue weighted by molar-refractivity contribution is 6.05. The van der Waals surface area contributed by atoms with Gasteiger partial charge in [-0.05, 0) is 30.9 Å². The Morgan fingerprint density at radius 3 is 2.06 bits per heavy atom. The van der Waals surface area contributed by atoms with Crippen LogP contribution in [0.15, 0.2) is 18.2 Å². The van der Waals surface area contributed by atoms with Crippen LogP contribution in [0, 0.1) is 25.7 Å². The van der Waals surface area contributed by atoms with Gasteiger partial charge in [0.15, 0.2) is 0 Å². The summed E-state index contributed by atoms with van der Waals surface area (Å²) >= 11 is 0. The van der Waals surface area contributed by atoms with Crippen molar-refractivity contribution in [3.8, 4) is 0 Å². The van der Waals surface area contributed by atoms with Gasteiger partial charge in [-0.2, -0.15) is 0 Å². The monoisotopic (exact) mass is 249 g/mol. The molecule has 0 fully saturated rings. The third-order valence-electron chi connectivity index (χ3n) is 2.94. The fourth-order valence-corrected chi connectivity index (χ4v) is 1.91. The molecular weight excluding hydrogens is 230 g/mol. The van der Waals surface area contributed by atoms with Gasteiger partial charge in [-0.15, -0.1) is 0 Å². The summed E-state index contributed by atoms with van der Waals surface area (Å²) in [7, 11) is 0. The molecule has 0 radical (unpaired) electrons. The van der Waals surface area contributed by atoms with Crippen molar-refractivity contribution in [2.45, 2.75) is 27.7 Å². The molecule has 98 valence electrons. The van der Waals surface area contributed by atoms with Crippen LogP contribution >= 0.6 is 0 Å².